The van der Waals surface area contributed by atoms with Crippen LogP contribution in [0.1, 0.15) is 48.8 Å². The Bertz CT molecular complexity index is 1260. The molecule has 2 saturated heterocycles. The molecule has 2 aliphatic heterocycles. The van der Waals surface area contributed by atoms with Gasteiger partial charge in [-0.2, -0.15) is 0 Å². The quantitative estimate of drug-likeness (QED) is 0.269. The van der Waals surface area contributed by atoms with Crippen LogP contribution in [0, 0.1) is 12.3 Å². The number of amides is 1. The summed E-state index contributed by atoms with van der Waals surface area (Å²) in [5.41, 5.74) is 4.52. The minimum Gasteiger partial charge on any atom is -0.493 e. The van der Waals surface area contributed by atoms with Crippen LogP contribution in [-0.2, 0) is 17.9 Å². The minimum absolute atomic E-state index is 0.163. The van der Waals surface area contributed by atoms with Crippen LogP contribution in [0.5, 0.6) is 5.75 Å². The second-order valence-electron chi connectivity index (χ2n) is 11.8. The molecule has 6 heteroatoms. The largest absolute Gasteiger partial charge is 0.493 e. The molecule has 0 radical (unpaired) electrons. The molecule has 40 heavy (non-hydrogen) atoms. The van der Waals surface area contributed by atoms with E-state index in [1.165, 1.54) is 24.1 Å². The number of benzene rings is 3. The number of nitrogens with zero attached hydrogens (tertiary/aromatic N) is 3. The van der Waals surface area contributed by atoms with Gasteiger partial charge in [0.1, 0.15) is 5.75 Å². The first kappa shape index (κ1) is 28.5. The van der Waals surface area contributed by atoms with Gasteiger partial charge >= 0.3 is 0 Å². The highest BCUT2D eigenvalue weighted by Gasteiger charge is 2.39. The van der Waals surface area contributed by atoms with Gasteiger partial charge in [-0.05, 0) is 86.2 Å². The smallest absolute Gasteiger partial charge is 0.223 e. The Morgan fingerprint density at radius 1 is 0.950 bits per heavy atom. The van der Waals surface area contributed by atoms with Gasteiger partial charge in [-0.1, -0.05) is 54.1 Å². The molecule has 212 valence electrons. The van der Waals surface area contributed by atoms with E-state index in [0.717, 1.165) is 67.5 Å². The van der Waals surface area contributed by atoms with Crippen LogP contribution in [-0.4, -0.2) is 55.5 Å². The summed E-state index contributed by atoms with van der Waals surface area (Å²) < 4.78 is 6.39. The number of hydrogen-bond donors (Lipinski definition) is 0. The van der Waals surface area contributed by atoms with E-state index in [2.05, 4.69) is 46.2 Å². The summed E-state index contributed by atoms with van der Waals surface area (Å²) in [5, 5.41) is 0.736. The first-order chi connectivity index (χ1) is 19.4. The number of carbonyl (C=O) groups is 1. The summed E-state index contributed by atoms with van der Waals surface area (Å²) in [5.74, 6) is 0.970. The van der Waals surface area contributed by atoms with Crippen molar-refractivity contribution in [1.82, 2.24) is 9.80 Å². The lowest BCUT2D eigenvalue weighted by molar-refractivity contribution is -0.135. The molecule has 2 fully saturated rings. The zero-order valence-corrected chi connectivity index (χ0v) is 24.7. The summed E-state index contributed by atoms with van der Waals surface area (Å²) in [4.78, 5) is 20.4. The molecule has 0 bridgehead atoms. The number of halogens is 1. The van der Waals surface area contributed by atoms with E-state index in [-0.39, 0.29) is 11.3 Å². The Labute approximate surface area is 244 Å². The molecular formula is C34H42ClN3O2. The summed E-state index contributed by atoms with van der Waals surface area (Å²) in [6, 6.07) is 25.1. The van der Waals surface area contributed by atoms with Crippen LogP contribution in [0.4, 0.5) is 5.69 Å². The molecule has 2 aliphatic rings. The molecule has 2 heterocycles. The van der Waals surface area contributed by atoms with Crippen molar-refractivity contribution in [3.8, 4) is 5.75 Å². The van der Waals surface area contributed by atoms with Gasteiger partial charge < -0.3 is 14.5 Å². The van der Waals surface area contributed by atoms with Gasteiger partial charge in [0.2, 0.25) is 5.91 Å². The third-order valence-corrected chi connectivity index (χ3v) is 8.87. The van der Waals surface area contributed by atoms with Crippen LogP contribution >= 0.6 is 11.6 Å². The number of carbonyl (C=O) groups excluding carboxylic acids is 1. The topological polar surface area (TPSA) is 36.0 Å². The number of hydrogen-bond acceptors (Lipinski definition) is 4. The Hall–Kier alpha value is -3.02. The Balaban J connectivity index is 1.29. The highest BCUT2D eigenvalue weighted by molar-refractivity contribution is 6.31. The van der Waals surface area contributed by atoms with Crippen molar-refractivity contribution in [3.63, 3.8) is 0 Å². The Morgan fingerprint density at radius 3 is 2.42 bits per heavy atom. The Kier molecular flexibility index (Phi) is 9.33. The molecule has 0 N–H and O–H groups in total. The number of piperidine rings is 1. The van der Waals surface area contributed by atoms with E-state index in [1.54, 1.807) is 0 Å². The standard InChI is InChI=1S/C34H42ClN3O2/c1-27-21-31(15-16-32(27)35)40-26-34(22-33(39)36(2)23-28-9-4-3-5-10-28)17-8-18-37(25-34)24-29-11-13-30(14-12-29)38-19-6-7-20-38/h3-5,9-16,21H,6-8,17-20,22-26H2,1-2H3/t34-/m0/s1. The van der Waals surface area contributed by atoms with E-state index in [4.69, 9.17) is 16.3 Å². The third-order valence-electron chi connectivity index (χ3n) is 8.44. The maximum atomic E-state index is 13.6. The summed E-state index contributed by atoms with van der Waals surface area (Å²) in [6.45, 7) is 8.17. The molecule has 0 aromatic heterocycles. The van der Waals surface area contributed by atoms with Crippen LogP contribution in [0.3, 0.4) is 0 Å². The normalized spacial score (nSPS) is 19.5. The van der Waals surface area contributed by atoms with Gasteiger partial charge in [-0.25, -0.2) is 0 Å². The molecule has 5 nitrogen and oxygen atoms in total. The lowest BCUT2D eigenvalue weighted by atomic mass is 9.77. The molecule has 0 saturated carbocycles. The van der Waals surface area contributed by atoms with Gasteiger partial charge in [0.25, 0.3) is 0 Å². The summed E-state index contributed by atoms with van der Waals surface area (Å²) >= 11 is 6.25. The third kappa shape index (κ3) is 7.38. The lowest BCUT2D eigenvalue weighted by Crippen LogP contribution is -2.48. The van der Waals surface area contributed by atoms with E-state index < -0.39 is 0 Å². The summed E-state index contributed by atoms with van der Waals surface area (Å²) in [6.07, 6.45) is 5.05. The van der Waals surface area contributed by atoms with Crippen LogP contribution in [0.25, 0.3) is 0 Å². The summed E-state index contributed by atoms with van der Waals surface area (Å²) in [7, 11) is 1.91. The molecule has 3 aromatic rings. The van der Waals surface area contributed by atoms with Crippen molar-refractivity contribution in [2.24, 2.45) is 5.41 Å². The molecule has 0 aliphatic carbocycles. The van der Waals surface area contributed by atoms with Crippen molar-refractivity contribution in [2.45, 2.75) is 52.1 Å². The average Bonchev–Trinajstić information content (AvgIpc) is 3.50. The molecular weight excluding hydrogens is 518 g/mol. The predicted molar refractivity (Wildman–Crippen MR) is 164 cm³/mol. The highest BCUT2D eigenvalue weighted by atomic mass is 35.5. The predicted octanol–water partition coefficient (Wildman–Crippen LogP) is 6.96. The SMILES string of the molecule is Cc1cc(OC[C@]2(CC(=O)N(C)Cc3ccccc3)CCCN(Cc3ccc(N4CCCC4)cc3)C2)ccc1Cl. The average molecular weight is 560 g/mol. The second kappa shape index (κ2) is 13.1. The van der Waals surface area contributed by atoms with Gasteiger partial charge in [-0.3, -0.25) is 9.69 Å². The van der Waals surface area contributed by atoms with Gasteiger partial charge in [0, 0.05) is 62.3 Å². The first-order valence-corrected chi connectivity index (χ1v) is 15.0. The van der Waals surface area contributed by atoms with Crippen molar-refractivity contribution >= 4 is 23.2 Å². The Morgan fingerprint density at radius 2 is 1.70 bits per heavy atom. The molecule has 1 atom stereocenters. The zero-order valence-electron chi connectivity index (χ0n) is 23.9. The maximum Gasteiger partial charge on any atom is 0.223 e. The first-order valence-electron chi connectivity index (χ1n) is 14.6. The molecule has 3 aromatic carbocycles. The number of anilines is 1. The van der Waals surface area contributed by atoms with E-state index in [0.29, 0.717) is 19.6 Å². The van der Waals surface area contributed by atoms with Crippen molar-refractivity contribution < 1.29 is 9.53 Å². The fraction of sp³-hybridized carbons (Fsp3) is 0.441. The molecule has 1 amide bonds. The second-order valence-corrected chi connectivity index (χ2v) is 12.2. The van der Waals surface area contributed by atoms with E-state index in [1.807, 2.05) is 55.3 Å². The van der Waals surface area contributed by atoms with E-state index >= 15 is 0 Å². The lowest BCUT2D eigenvalue weighted by Gasteiger charge is -2.43. The monoisotopic (exact) mass is 559 g/mol. The van der Waals surface area contributed by atoms with E-state index in [9.17, 15) is 4.79 Å². The molecule has 0 spiro atoms. The minimum atomic E-state index is -0.261. The fourth-order valence-electron chi connectivity index (χ4n) is 6.15. The fourth-order valence-corrected chi connectivity index (χ4v) is 6.27. The van der Waals surface area contributed by atoms with Gasteiger partial charge in [0.05, 0.1) is 6.61 Å². The van der Waals surface area contributed by atoms with Crippen LogP contribution < -0.4 is 9.64 Å². The van der Waals surface area contributed by atoms with Gasteiger partial charge in [0.15, 0.2) is 0 Å². The number of rotatable bonds is 10. The molecule has 0 unspecified atom stereocenters. The van der Waals surface area contributed by atoms with Crippen molar-refractivity contribution in [1.29, 1.82) is 0 Å². The zero-order chi connectivity index (χ0) is 28.0. The van der Waals surface area contributed by atoms with Crippen molar-refractivity contribution in [3.05, 3.63) is 94.5 Å². The maximum absolute atomic E-state index is 13.6. The number of ether oxygens (including phenoxy) is 1. The highest BCUT2D eigenvalue weighted by Crippen LogP contribution is 2.36. The molecule has 5 rings (SSSR count). The number of aryl methyl sites for hydroxylation is 1. The van der Waals surface area contributed by atoms with Crippen LogP contribution in [0.15, 0.2) is 72.8 Å². The van der Waals surface area contributed by atoms with Gasteiger partial charge in [-0.15, -0.1) is 0 Å². The van der Waals surface area contributed by atoms with Crippen molar-refractivity contribution in [2.75, 3.05) is 44.7 Å². The van der Waals surface area contributed by atoms with Crippen LogP contribution in [0.2, 0.25) is 5.02 Å². The number of likely N-dealkylation sites (tertiary alicyclic amines) is 1.